The molecule has 0 aromatic heterocycles. The molecular weight excluding hydrogens is 484 g/mol. The number of hydrogen-bond donors (Lipinski definition) is 2. The Labute approximate surface area is 230 Å². The van der Waals surface area contributed by atoms with Crippen molar-refractivity contribution in [2.75, 3.05) is 14.2 Å². The number of benzene rings is 4. The SMILES string of the molecule is COc1ccc(-c2cc3c(cc2O)C2(CC3(C)C)CC(C)(C)c3cc(-c4ccc(OC)cc4)c(O)cc32)cc1. The Balaban J connectivity index is 1.51. The van der Waals surface area contributed by atoms with Crippen molar-refractivity contribution in [1.82, 2.24) is 0 Å². The van der Waals surface area contributed by atoms with Gasteiger partial charge in [-0.3, -0.25) is 0 Å². The lowest BCUT2D eigenvalue weighted by Crippen LogP contribution is -2.26. The molecule has 0 aliphatic heterocycles. The first kappa shape index (κ1) is 25.4. The van der Waals surface area contributed by atoms with Crippen LogP contribution in [0.3, 0.4) is 0 Å². The maximum absolute atomic E-state index is 11.3. The first-order valence-corrected chi connectivity index (χ1v) is 13.5. The molecule has 0 unspecified atom stereocenters. The van der Waals surface area contributed by atoms with E-state index in [1.807, 2.05) is 60.7 Å². The van der Waals surface area contributed by atoms with Crippen LogP contribution in [0.1, 0.15) is 62.8 Å². The minimum Gasteiger partial charge on any atom is -0.507 e. The monoisotopic (exact) mass is 520 g/mol. The highest BCUT2D eigenvalue weighted by Gasteiger charge is 2.56. The second-order valence-electron chi connectivity index (χ2n) is 12.5. The molecule has 4 aromatic rings. The van der Waals surface area contributed by atoms with E-state index in [-0.39, 0.29) is 27.7 Å². The maximum Gasteiger partial charge on any atom is 0.123 e. The molecule has 2 aliphatic carbocycles. The Morgan fingerprint density at radius 3 is 1.23 bits per heavy atom. The largest absolute Gasteiger partial charge is 0.507 e. The average molecular weight is 521 g/mol. The van der Waals surface area contributed by atoms with E-state index in [9.17, 15) is 10.2 Å². The van der Waals surface area contributed by atoms with E-state index in [1.54, 1.807) is 14.2 Å². The van der Waals surface area contributed by atoms with E-state index in [0.29, 0.717) is 0 Å². The molecule has 2 N–H and O–H groups in total. The molecule has 2 aliphatic rings. The van der Waals surface area contributed by atoms with Crippen LogP contribution in [0.15, 0.2) is 72.8 Å². The van der Waals surface area contributed by atoms with Crippen LogP contribution in [0.2, 0.25) is 0 Å². The zero-order valence-electron chi connectivity index (χ0n) is 23.6. The standard InChI is InChI=1S/C35H36O4/c1-33(2)19-35(29-17-31(36)25(15-27(29)33)21-7-11-23(38-5)12-8-21)20-34(3,4)28-16-26(32(37)18-30(28)35)22-9-13-24(39-6)14-10-22/h7-18,36-37H,19-20H2,1-6H3. The van der Waals surface area contributed by atoms with E-state index in [4.69, 9.17) is 9.47 Å². The predicted octanol–water partition coefficient (Wildman–Crippen LogP) is 8.10. The molecule has 0 radical (unpaired) electrons. The van der Waals surface area contributed by atoms with Gasteiger partial charge in [0, 0.05) is 16.5 Å². The molecule has 200 valence electrons. The maximum atomic E-state index is 11.3. The normalized spacial score (nSPS) is 17.6. The first-order valence-electron chi connectivity index (χ1n) is 13.5. The third-order valence-corrected chi connectivity index (χ3v) is 9.05. The van der Waals surface area contributed by atoms with Gasteiger partial charge < -0.3 is 19.7 Å². The van der Waals surface area contributed by atoms with Gasteiger partial charge in [0.15, 0.2) is 0 Å². The zero-order valence-corrected chi connectivity index (χ0v) is 23.6. The number of hydrogen-bond acceptors (Lipinski definition) is 4. The van der Waals surface area contributed by atoms with Crippen molar-refractivity contribution in [3.8, 4) is 45.3 Å². The summed E-state index contributed by atoms with van der Waals surface area (Å²) in [5.74, 6) is 2.14. The number of rotatable bonds is 4. The van der Waals surface area contributed by atoms with Crippen LogP contribution in [0, 0.1) is 0 Å². The molecule has 0 atom stereocenters. The number of phenolic OH excluding ortho intramolecular Hbond substituents is 2. The second-order valence-corrected chi connectivity index (χ2v) is 12.5. The molecule has 0 heterocycles. The van der Waals surface area contributed by atoms with Crippen LogP contribution in [0.25, 0.3) is 22.3 Å². The van der Waals surface area contributed by atoms with Crippen LogP contribution < -0.4 is 9.47 Å². The average Bonchev–Trinajstić information content (AvgIpc) is 3.26. The van der Waals surface area contributed by atoms with E-state index in [2.05, 4.69) is 39.8 Å². The van der Waals surface area contributed by atoms with Gasteiger partial charge in [-0.2, -0.15) is 0 Å². The summed E-state index contributed by atoms with van der Waals surface area (Å²) in [6.07, 6.45) is 1.83. The Bertz CT molecular complexity index is 1460. The quantitative estimate of drug-likeness (QED) is 0.285. The summed E-state index contributed by atoms with van der Waals surface area (Å²) in [5.41, 5.74) is 7.94. The summed E-state index contributed by atoms with van der Waals surface area (Å²) in [4.78, 5) is 0. The van der Waals surface area contributed by atoms with Gasteiger partial charge in [0.2, 0.25) is 0 Å². The number of fused-ring (bicyclic) bond motifs is 4. The molecule has 4 nitrogen and oxygen atoms in total. The number of phenols is 2. The van der Waals surface area contributed by atoms with Gasteiger partial charge in [-0.25, -0.2) is 0 Å². The zero-order chi connectivity index (χ0) is 27.7. The van der Waals surface area contributed by atoms with Crippen LogP contribution in [0.5, 0.6) is 23.0 Å². The predicted molar refractivity (Wildman–Crippen MR) is 156 cm³/mol. The number of aromatic hydroxyl groups is 2. The molecule has 4 heteroatoms. The third kappa shape index (κ3) is 3.80. The number of methoxy groups -OCH3 is 2. The first-order chi connectivity index (χ1) is 18.5. The van der Waals surface area contributed by atoms with E-state index < -0.39 is 0 Å². The van der Waals surface area contributed by atoms with Gasteiger partial charge in [-0.05, 0) is 106 Å². The molecule has 0 bridgehead atoms. The molecule has 0 saturated carbocycles. The molecule has 0 saturated heterocycles. The lowest BCUT2D eigenvalue weighted by molar-refractivity contribution is 0.348. The lowest BCUT2D eigenvalue weighted by atomic mass is 9.72. The van der Waals surface area contributed by atoms with Crippen LogP contribution >= 0.6 is 0 Å². The molecule has 0 amide bonds. The van der Waals surface area contributed by atoms with Gasteiger partial charge in [-0.15, -0.1) is 0 Å². The van der Waals surface area contributed by atoms with Crippen LogP contribution in [-0.2, 0) is 16.2 Å². The van der Waals surface area contributed by atoms with Crippen molar-refractivity contribution in [2.45, 2.75) is 56.8 Å². The minimum absolute atomic E-state index is 0.105. The van der Waals surface area contributed by atoms with Crippen LogP contribution in [-0.4, -0.2) is 24.4 Å². The van der Waals surface area contributed by atoms with Gasteiger partial charge >= 0.3 is 0 Å². The van der Waals surface area contributed by atoms with Crippen molar-refractivity contribution in [1.29, 1.82) is 0 Å². The third-order valence-electron chi connectivity index (χ3n) is 9.05. The van der Waals surface area contributed by atoms with Gasteiger partial charge in [-0.1, -0.05) is 52.0 Å². The van der Waals surface area contributed by atoms with Crippen molar-refractivity contribution in [3.63, 3.8) is 0 Å². The molecule has 4 aromatic carbocycles. The molecule has 6 rings (SSSR count). The Morgan fingerprint density at radius 1 is 0.538 bits per heavy atom. The summed E-state index contributed by atoms with van der Waals surface area (Å²) in [6.45, 7) is 9.19. The van der Waals surface area contributed by atoms with Gasteiger partial charge in [0.25, 0.3) is 0 Å². The Morgan fingerprint density at radius 2 is 0.897 bits per heavy atom. The van der Waals surface area contributed by atoms with Crippen molar-refractivity contribution < 1.29 is 19.7 Å². The second kappa shape index (κ2) is 8.54. The highest BCUT2D eigenvalue weighted by Crippen LogP contribution is 2.64. The van der Waals surface area contributed by atoms with E-state index in [0.717, 1.165) is 46.6 Å². The smallest absolute Gasteiger partial charge is 0.123 e. The molecular formula is C35H36O4. The highest BCUT2D eigenvalue weighted by molar-refractivity contribution is 5.78. The Kier molecular flexibility index (Phi) is 5.55. The molecule has 0 fully saturated rings. The molecule has 39 heavy (non-hydrogen) atoms. The topological polar surface area (TPSA) is 58.9 Å². The minimum atomic E-state index is -0.288. The van der Waals surface area contributed by atoms with Crippen molar-refractivity contribution >= 4 is 0 Å². The Hall–Kier alpha value is -3.92. The highest BCUT2D eigenvalue weighted by atomic mass is 16.5. The summed E-state index contributed by atoms with van der Waals surface area (Å²) in [5, 5.41) is 22.7. The van der Waals surface area contributed by atoms with Gasteiger partial charge in [0.1, 0.15) is 23.0 Å². The fourth-order valence-electron chi connectivity index (χ4n) is 7.38. The summed E-state index contributed by atoms with van der Waals surface area (Å²) in [6, 6.07) is 24.0. The summed E-state index contributed by atoms with van der Waals surface area (Å²) >= 11 is 0. The fraction of sp³-hybridized carbons (Fsp3) is 0.314. The summed E-state index contributed by atoms with van der Waals surface area (Å²) in [7, 11) is 3.31. The van der Waals surface area contributed by atoms with E-state index >= 15 is 0 Å². The summed E-state index contributed by atoms with van der Waals surface area (Å²) < 4.78 is 10.7. The lowest BCUT2D eigenvalue weighted by Gasteiger charge is -2.30. The molecule has 1 spiro atoms. The fourth-order valence-corrected chi connectivity index (χ4v) is 7.38. The number of ether oxygens (including phenoxy) is 2. The van der Waals surface area contributed by atoms with Gasteiger partial charge in [0.05, 0.1) is 14.2 Å². The van der Waals surface area contributed by atoms with Crippen LogP contribution in [0.4, 0.5) is 0 Å². The van der Waals surface area contributed by atoms with E-state index in [1.165, 1.54) is 22.3 Å². The van der Waals surface area contributed by atoms with Crippen molar-refractivity contribution in [2.24, 2.45) is 0 Å². The van der Waals surface area contributed by atoms with Crippen molar-refractivity contribution in [3.05, 3.63) is 95.1 Å².